The number of methoxy groups -OCH3 is 1. The van der Waals surface area contributed by atoms with E-state index < -0.39 is 0 Å². The van der Waals surface area contributed by atoms with Gasteiger partial charge in [0.05, 0.1) is 15.9 Å². The van der Waals surface area contributed by atoms with Gasteiger partial charge in [-0.15, -0.1) is 11.3 Å². The first kappa shape index (κ1) is 15.0. The number of fused-ring (bicyclic) bond motifs is 1. The highest BCUT2D eigenvalue weighted by Crippen LogP contribution is 2.23. The summed E-state index contributed by atoms with van der Waals surface area (Å²) in [5, 5.41) is 6.08. The van der Waals surface area contributed by atoms with Crippen LogP contribution in [0.15, 0.2) is 46.3 Å². The lowest BCUT2D eigenvalue weighted by Gasteiger charge is -2.06. The Bertz CT molecular complexity index is 943. The van der Waals surface area contributed by atoms with Crippen molar-refractivity contribution in [2.75, 3.05) is 7.11 Å². The number of rotatable bonds is 6. The lowest BCUT2D eigenvalue weighted by Crippen LogP contribution is -2.08. The van der Waals surface area contributed by atoms with Crippen LogP contribution in [0.1, 0.15) is 11.6 Å². The maximum atomic E-state index is 5.34. The number of aromatic nitrogens is 4. The van der Waals surface area contributed by atoms with Crippen molar-refractivity contribution in [2.45, 2.75) is 19.6 Å². The molecule has 0 amide bonds. The quantitative estimate of drug-likeness (QED) is 0.537. The van der Waals surface area contributed by atoms with Crippen LogP contribution in [0, 0.1) is 0 Å². The van der Waals surface area contributed by atoms with E-state index in [4.69, 9.17) is 9.26 Å². The molecule has 3 aromatic heterocycles. The van der Waals surface area contributed by atoms with Crippen LogP contribution in [0.5, 0.6) is 0 Å². The fraction of sp³-hybridized carbons (Fsp3) is 0.235. The van der Waals surface area contributed by atoms with Crippen LogP contribution in [0.4, 0.5) is 0 Å². The molecule has 122 valence electrons. The Kier molecular flexibility index (Phi) is 4.10. The number of hydrogen-bond acceptors (Lipinski definition) is 6. The monoisotopic (exact) mass is 340 g/mol. The molecule has 0 saturated heterocycles. The molecule has 0 aliphatic heterocycles. The highest BCUT2D eigenvalue weighted by atomic mass is 32.1. The summed E-state index contributed by atoms with van der Waals surface area (Å²) in [6.45, 7) is 1.20. The molecule has 4 aromatic rings. The van der Waals surface area contributed by atoms with E-state index in [9.17, 15) is 0 Å². The normalized spacial score (nSPS) is 11.4. The van der Waals surface area contributed by atoms with Crippen molar-refractivity contribution in [3.63, 3.8) is 0 Å². The molecule has 0 atom stereocenters. The second kappa shape index (κ2) is 6.54. The summed E-state index contributed by atoms with van der Waals surface area (Å²) in [6, 6.07) is 12.0. The van der Waals surface area contributed by atoms with Gasteiger partial charge in [0, 0.05) is 20.1 Å². The van der Waals surface area contributed by atoms with E-state index in [1.54, 1.807) is 18.4 Å². The van der Waals surface area contributed by atoms with Crippen molar-refractivity contribution in [3.05, 3.63) is 53.4 Å². The second-order valence-electron chi connectivity index (χ2n) is 5.34. The van der Waals surface area contributed by atoms with Gasteiger partial charge in [-0.1, -0.05) is 23.4 Å². The molecule has 0 fully saturated rings. The maximum absolute atomic E-state index is 5.34. The Hall–Kier alpha value is -2.51. The second-order valence-corrected chi connectivity index (χ2v) is 6.29. The molecule has 4 rings (SSSR count). The zero-order valence-electron chi connectivity index (χ0n) is 13.2. The van der Waals surface area contributed by atoms with E-state index in [0.717, 1.165) is 28.3 Å². The van der Waals surface area contributed by atoms with Crippen molar-refractivity contribution >= 4 is 22.4 Å². The fourth-order valence-electron chi connectivity index (χ4n) is 2.68. The lowest BCUT2D eigenvalue weighted by atomic mass is 10.3. The Balaban J connectivity index is 1.57. The number of nitrogens with zero attached hydrogens (tertiary/aromatic N) is 4. The molecular formula is C17H16N4O2S. The number of para-hydroxylation sites is 2. The lowest BCUT2D eigenvalue weighted by molar-refractivity contribution is 0.174. The van der Waals surface area contributed by atoms with E-state index in [1.165, 1.54) is 0 Å². The van der Waals surface area contributed by atoms with Gasteiger partial charge in [-0.25, -0.2) is 4.98 Å². The van der Waals surface area contributed by atoms with Gasteiger partial charge in [0.15, 0.2) is 5.82 Å². The van der Waals surface area contributed by atoms with Gasteiger partial charge in [-0.3, -0.25) is 0 Å². The predicted molar refractivity (Wildman–Crippen MR) is 91.8 cm³/mol. The average molecular weight is 340 g/mol. The summed E-state index contributed by atoms with van der Waals surface area (Å²) in [6.07, 6.45) is 0.673. The van der Waals surface area contributed by atoms with Crippen molar-refractivity contribution in [3.8, 4) is 10.8 Å². The maximum Gasteiger partial charge on any atom is 0.267 e. The number of aryl methyl sites for hydroxylation is 2. The van der Waals surface area contributed by atoms with Crippen LogP contribution in [0.25, 0.3) is 21.8 Å². The number of hydrogen-bond donors (Lipinski definition) is 0. The van der Waals surface area contributed by atoms with Gasteiger partial charge < -0.3 is 13.8 Å². The minimum absolute atomic E-state index is 0.474. The van der Waals surface area contributed by atoms with Crippen molar-refractivity contribution in [2.24, 2.45) is 0 Å². The summed E-state index contributed by atoms with van der Waals surface area (Å²) in [5.41, 5.74) is 2.06. The third-order valence-electron chi connectivity index (χ3n) is 3.77. The molecule has 0 spiro atoms. The van der Waals surface area contributed by atoms with Crippen LogP contribution in [-0.4, -0.2) is 26.8 Å². The molecule has 6 nitrogen and oxygen atoms in total. The number of imidazole rings is 1. The Morgan fingerprint density at radius 2 is 2.08 bits per heavy atom. The van der Waals surface area contributed by atoms with E-state index in [1.807, 2.05) is 35.7 Å². The van der Waals surface area contributed by atoms with Gasteiger partial charge in [0.25, 0.3) is 5.89 Å². The highest BCUT2D eigenvalue weighted by molar-refractivity contribution is 7.13. The molecule has 24 heavy (non-hydrogen) atoms. The highest BCUT2D eigenvalue weighted by Gasteiger charge is 2.13. The van der Waals surface area contributed by atoms with Crippen LogP contribution in [-0.2, 0) is 24.3 Å². The standard InChI is InChI=1S/C17H16N4O2S/c1-22-11-16-18-12-5-2-3-6-13(12)21(16)9-8-15-19-17(23-20-15)14-7-4-10-24-14/h2-7,10H,8-9,11H2,1H3. The fourth-order valence-corrected chi connectivity index (χ4v) is 3.33. The van der Waals surface area contributed by atoms with Crippen LogP contribution >= 0.6 is 11.3 Å². The third-order valence-corrected chi connectivity index (χ3v) is 4.62. The van der Waals surface area contributed by atoms with Gasteiger partial charge in [-0.2, -0.15) is 4.98 Å². The molecule has 1 aromatic carbocycles. The first-order valence-corrected chi connectivity index (χ1v) is 8.52. The number of ether oxygens (including phenoxy) is 1. The minimum Gasteiger partial charge on any atom is -0.377 e. The van der Waals surface area contributed by atoms with E-state index in [-0.39, 0.29) is 0 Å². The van der Waals surface area contributed by atoms with Crippen LogP contribution in [0.2, 0.25) is 0 Å². The Morgan fingerprint density at radius 3 is 2.92 bits per heavy atom. The van der Waals surface area contributed by atoms with Gasteiger partial charge in [0.1, 0.15) is 12.4 Å². The van der Waals surface area contributed by atoms with Gasteiger partial charge in [-0.05, 0) is 23.6 Å². The van der Waals surface area contributed by atoms with Gasteiger partial charge >= 0.3 is 0 Å². The minimum atomic E-state index is 0.474. The molecule has 0 aliphatic carbocycles. The SMILES string of the molecule is COCc1nc2ccccc2n1CCc1noc(-c2cccs2)n1. The Labute approximate surface area is 142 Å². The number of thiophene rings is 1. The smallest absolute Gasteiger partial charge is 0.267 e. The predicted octanol–water partition coefficient (Wildman–Crippen LogP) is 3.54. The molecule has 0 bridgehead atoms. The molecule has 0 unspecified atom stereocenters. The summed E-state index contributed by atoms with van der Waals surface area (Å²) < 4.78 is 12.8. The Morgan fingerprint density at radius 1 is 1.17 bits per heavy atom. The van der Waals surface area contributed by atoms with Gasteiger partial charge in [0.2, 0.25) is 0 Å². The molecule has 7 heteroatoms. The van der Waals surface area contributed by atoms with Crippen LogP contribution in [0.3, 0.4) is 0 Å². The van der Waals surface area contributed by atoms with E-state index in [2.05, 4.69) is 25.8 Å². The topological polar surface area (TPSA) is 66.0 Å². The molecule has 0 radical (unpaired) electrons. The van der Waals surface area contributed by atoms with E-state index >= 15 is 0 Å². The summed E-state index contributed by atoms with van der Waals surface area (Å²) >= 11 is 1.59. The molecule has 0 aliphatic rings. The first-order chi connectivity index (χ1) is 11.8. The van der Waals surface area contributed by atoms with Crippen molar-refractivity contribution < 1.29 is 9.26 Å². The number of benzene rings is 1. The zero-order valence-corrected chi connectivity index (χ0v) is 14.0. The first-order valence-electron chi connectivity index (χ1n) is 7.64. The zero-order chi connectivity index (χ0) is 16.4. The molecule has 3 heterocycles. The molecular weight excluding hydrogens is 324 g/mol. The average Bonchev–Trinajstić information content (AvgIpc) is 3.33. The molecule has 0 saturated carbocycles. The van der Waals surface area contributed by atoms with Crippen LogP contribution < -0.4 is 0 Å². The summed E-state index contributed by atoms with van der Waals surface area (Å²) in [7, 11) is 1.68. The largest absolute Gasteiger partial charge is 0.377 e. The van der Waals surface area contributed by atoms with Crippen molar-refractivity contribution in [1.29, 1.82) is 0 Å². The molecule has 0 N–H and O–H groups in total. The van der Waals surface area contributed by atoms with E-state index in [0.29, 0.717) is 24.7 Å². The van der Waals surface area contributed by atoms with Crippen molar-refractivity contribution in [1.82, 2.24) is 19.7 Å². The third kappa shape index (κ3) is 2.83. The summed E-state index contributed by atoms with van der Waals surface area (Å²) in [4.78, 5) is 10.1. The summed E-state index contributed by atoms with van der Waals surface area (Å²) in [5.74, 6) is 2.17.